The maximum absolute atomic E-state index is 11.3. The number of esters is 1. The molecule has 2 nitrogen and oxygen atoms in total. The normalized spacial score (nSPS) is 13.6. The summed E-state index contributed by atoms with van der Waals surface area (Å²) in [6, 6.07) is 0. The topological polar surface area (TPSA) is 26.3 Å². The van der Waals surface area contributed by atoms with Crippen LogP contribution in [0.4, 0.5) is 0 Å². The number of ether oxygens (including phenoxy) is 1. The van der Waals surface area contributed by atoms with E-state index in [0.29, 0.717) is 6.42 Å². The van der Waals surface area contributed by atoms with Gasteiger partial charge in [-0.1, -0.05) is 50.5 Å². The number of allylic oxidation sites excluding steroid dienone is 5. The van der Waals surface area contributed by atoms with Gasteiger partial charge in [0.25, 0.3) is 0 Å². The van der Waals surface area contributed by atoms with Gasteiger partial charge < -0.3 is 4.74 Å². The van der Waals surface area contributed by atoms with Crippen molar-refractivity contribution in [2.24, 2.45) is 0 Å². The van der Waals surface area contributed by atoms with Crippen LogP contribution >= 0.6 is 0 Å². The summed E-state index contributed by atoms with van der Waals surface area (Å²) in [6.07, 6.45) is 12.5. The van der Waals surface area contributed by atoms with Crippen molar-refractivity contribution in [2.45, 2.75) is 66.2 Å². The van der Waals surface area contributed by atoms with Crippen LogP contribution < -0.4 is 0 Å². The van der Waals surface area contributed by atoms with Gasteiger partial charge in [0.1, 0.15) is 0 Å². The lowest BCUT2D eigenvalue weighted by atomic mass is 9.99. The Morgan fingerprint density at radius 1 is 1.15 bits per heavy atom. The van der Waals surface area contributed by atoms with Gasteiger partial charge in [0.05, 0.1) is 13.5 Å². The third kappa shape index (κ3) is 7.98. The average molecular weight is 278 g/mol. The number of hydrogen-bond donors (Lipinski definition) is 0. The number of methoxy groups -OCH3 is 1. The first-order valence-electron chi connectivity index (χ1n) is 7.67. The quantitative estimate of drug-likeness (QED) is 0.322. The summed E-state index contributed by atoms with van der Waals surface area (Å²) in [5, 5.41) is 0. The third-order valence-electron chi connectivity index (χ3n) is 3.57. The van der Waals surface area contributed by atoms with Gasteiger partial charge in [0.15, 0.2) is 0 Å². The molecule has 0 aromatic heterocycles. The zero-order valence-corrected chi connectivity index (χ0v) is 13.8. The molecule has 0 aliphatic heterocycles. The van der Waals surface area contributed by atoms with Gasteiger partial charge >= 0.3 is 5.97 Å². The minimum absolute atomic E-state index is 0.188. The molecule has 0 unspecified atom stereocenters. The Kier molecular flexibility index (Phi) is 10.8. The molecular weight excluding hydrogens is 248 g/mol. The van der Waals surface area contributed by atoms with Crippen LogP contribution in [0.2, 0.25) is 0 Å². The van der Waals surface area contributed by atoms with E-state index in [1.54, 1.807) is 0 Å². The zero-order valence-electron chi connectivity index (χ0n) is 13.8. The number of rotatable bonds is 9. The van der Waals surface area contributed by atoms with Crippen molar-refractivity contribution in [3.05, 3.63) is 34.9 Å². The van der Waals surface area contributed by atoms with Crippen LogP contribution in [0.15, 0.2) is 34.9 Å². The Balaban J connectivity index is 4.78. The molecule has 0 aromatic carbocycles. The fourth-order valence-electron chi connectivity index (χ4n) is 1.94. The van der Waals surface area contributed by atoms with E-state index in [-0.39, 0.29) is 5.97 Å². The molecule has 0 radical (unpaired) electrons. The van der Waals surface area contributed by atoms with Gasteiger partial charge in [0.2, 0.25) is 0 Å². The first-order valence-corrected chi connectivity index (χ1v) is 7.67. The maximum Gasteiger partial charge on any atom is 0.309 e. The lowest BCUT2D eigenvalue weighted by Gasteiger charge is -2.07. The van der Waals surface area contributed by atoms with Gasteiger partial charge in [0, 0.05) is 0 Å². The SMILES string of the molecule is C\C=C(/C=C\C(CCCCC)=C(\C)CC)CC(=O)OC. The second kappa shape index (κ2) is 11.5. The highest BCUT2D eigenvalue weighted by atomic mass is 16.5. The molecule has 0 aliphatic rings. The number of carbonyl (C=O) groups excluding carboxylic acids is 1. The highest BCUT2D eigenvalue weighted by Crippen LogP contribution is 2.18. The van der Waals surface area contributed by atoms with Crippen molar-refractivity contribution >= 4 is 5.97 Å². The van der Waals surface area contributed by atoms with Crippen molar-refractivity contribution in [1.82, 2.24) is 0 Å². The maximum atomic E-state index is 11.3. The van der Waals surface area contributed by atoms with Crippen LogP contribution in [0.3, 0.4) is 0 Å². The molecule has 0 saturated heterocycles. The second-order valence-electron chi connectivity index (χ2n) is 5.07. The van der Waals surface area contributed by atoms with Gasteiger partial charge in [-0.2, -0.15) is 0 Å². The summed E-state index contributed by atoms with van der Waals surface area (Å²) in [5.41, 5.74) is 3.85. The Hall–Kier alpha value is -1.31. The molecule has 2 heteroatoms. The summed E-state index contributed by atoms with van der Waals surface area (Å²) < 4.78 is 4.71. The minimum Gasteiger partial charge on any atom is -0.469 e. The molecule has 114 valence electrons. The van der Waals surface area contributed by atoms with E-state index in [4.69, 9.17) is 4.74 Å². The molecule has 0 aliphatic carbocycles. The fraction of sp³-hybridized carbons (Fsp3) is 0.611. The Labute approximate surface area is 124 Å². The standard InChI is InChI=1S/C18H30O2/c1-6-9-10-11-17(15(4)7-2)13-12-16(8-3)14-18(19)20-5/h8,12-13H,6-7,9-11,14H2,1-5H3/b13-12-,16-8+,17-15-. The van der Waals surface area contributed by atoms with E-state index in [9.17, 15) is 4.79 Å². The molecule has 0 spiro atoms. The van der Waals surface area contributed by atoms with Crippen LogP contribution in [0.5, 0.6) is 0 Å². The van der Waals surface area contributed by atoms with Gasteiger partial charge in [-0.05, 0) is 44.3 Å². The van der Waals surface area contributed by atoms with Crippen LogP contribution in [0.25, 0.3) is 0 Å². The molecule has 0 aromatic rings. The van der Waals surface area contributed by atoms with Crippen molar-refractivity contribution in [2.75, 3.05) is 7.11 Å². The lowest BCUT2D eigenvalue weighted by Crippen LogP contribution is -2.00. The summed E-state index contributed by atoms with van der Waals surface area (Å²) >= 11 is 0. The smallest absolute Gasteiger partial charge is 0.309 e. The van der Waals surface area contributed by atoms with Crippen LogP contribution in [0, 0.1) is 0 Å². The Bertz CT molecular complexity index is 373. The highest BCUT2D eigenvalue weighted by Gasteiger charge is 2.03. The van der Waals surface area contributed by atoms with Crippen molar-refractivity contribution < 1.29 is 9.53 Å². The molecule has 0 bridgehead atoms. The molecule has 20 heavy (non-hydrogen) atoms. The Morgan fingerprint density at radius 2 is 1.85 bits per heavy atom. The lowest BCUT2D eigenvalue weighted by molar-refractivity contribution is -0.139. The fourth-order valence-corrected chi connectivity index (χ4v) is 1.94. The van der Waals surface area contributed by atoms with E-state index in [1.165, 1.54) is 37.5 Å². The summed E-state index contributed by atoms with van der Waals surface area (Å²) in [7, 11) is 1.43. The molecule has 0 saturated carbocycles. The number of carbonyl (C=O) groups is 1. The molecule has 0 N–H and O–H groups in total. The van der Waals surface area contributed by atoms with Crippen LogP contribution in [-0.4, -0.2) is 13.1 Å². The largest absolute Gasteiger partial charge is 0.469 e. The monoisotopic (exact) mass is 278 g/mol. The predicted molar refractivity (Wildman–Crippen MR) is 86.7 cm³/mol. The van der Waals surface area contributed by atoms with E-state index in [2.05, 4.69) is 32.9 Å². The van der Waals surface area contributed by atoms with E-state index in [1.807, 2.05) is 13.0 Å². The van der Waals surface area contributed by atoms with Crippen molar-refractivity contribution in [1.29, 1.82) is 0 Å². The first kappa shape index (κ1) is 18.7. The van der Waals surface area contributed by atoms with Gasteiger partial charge in [-0.25, -0.2) is 0 Å². The summed E-state index contributed by atoms with van der Waals surface area (Å²) in [6.45, 7) is 8.56. The van der Waals surface area contributed by atoms with Crippen LogP contribution in [0.1, 0.15) is 66.2 Å². The van der Waals surface area contributed by atoms with Crippen LogP contribution in [-0.2, 0) is 9.53 Å². The number of unbranched alkanes of at least 4 members (excludes halogenated alkanes) is 2. The van der Waals surface area contributed by atoms with Gasteiger partial charge in [-0.15, -0.1) is 0 Å². The van der Waals surface area contributed by atoms with Crippen molar-refractivity contribution in [3.63, 3.8) is 0 Å². The summed E-state index contributed by atoms with van der Waals surface area (Å²) in [5.74, 6) is -0.188. The number of hydrogen-bond acceptors (Lipinski definition) is 2. The Morgan fingerprint density at radius 3 is 2.35 bits per heavy atom. The molecule has 0 amide bonds. The predicted octanol–water partition coefficient (Wildman–Crippen LogP) is 5.36. The summed E-state index contributed by atoms with van der Waals surface area (Å²) in [4.78, 5) is 11.3. The van der Waals surface area contributed by atoms with E-state index < -0.39 is 0 Å². The molecule has 0 atom stereocenters. The molecular formula is C18H30O2. The van der Waals surface area contributed by atoms with Crippen molar-refractivity contribution in [3.8, 4) is 0 Å². The van der Waals surface area contributed by atoms with E-state index in [0.717, 1.165) is 18.4 Å². The van der Waals surface area contributed by atoms with Gasteiger partial charge in [-0.3, -0.25) is 4.79 Å². The minimum atomic E-state index is -0.188. The highest BCUT2D eigenvalue weighted by molar-refractivity contribution is 5.73. The zero-order chi connectivity index (χ0) is 15.4. The molecule has 0 rings (SSSR count). The first-order chi connectivity index (χ1) is 9.58. The van der Waals surface area contributed by atoms with E-state index >= 15 is 0 Å². The second-order valence-corrected chi connectivity index (χ2v) is 5.07. The molecule has 0 fully saturated rings. The third-order valence-corrected chi connectivity index (χ3v) is 3.57. The average Bonchev–Trinajstić information content (AvgIpc) is 2.48. The molecule has 0 heterocycles.